The van der Waals surface area contributed by atoms with Crippen LogP contribution in [0.15, 0.2) is 0 Å². The third-order valence-corrected chi connectivity index (χ3v) is 4.19. The van der Waals surface area contributed by atoms with Crippen LogP contribution in [0.4, 0.5) is 0 Å². The Morgan fingerprint density at radius 3 is 2.72 bits per heavy atom. The molecule has 18 heavy (non-hydrogen) atoms. The van der Waals surface area contributed by atoms with Crippen LogP contribution >= 0.6 is 0 Å². The molecule has 0 aliphatic carbocycles. The van der Waals surface area contributed by atoms with Crippen molar-refractivity contribution in [1.29, 1.82) is 0 Å². The number of piperidine rings is 1. The average Bonchev–Trinajstić information content (AvgIpc) is 2.34. The summed E-state index contributed by atoms with van der Waals surface area (Å²) in [5.41, 5.74) is -0.101. The van der Waals surface area contributed by atoms with Crippen molar-refractivity contribution in [3.63, 3.8) is 0 Å². The highest BCUT2D eigenvalue weighted by atomic mass is 16.5. The first kappa shape index (κ1) is 15.9. The summed E-state index contributed by atoms with van der Waals surface area (Å²) in [6, 6.07) is 0.410. The van der Waals surface area contributed by atoms with Gasteiger partial charge in [-0.3, -0.25) is 0 Å². The number of hydrogen-bond donors (Lipinski definition) is 1. The number of ether oxygens (including phenoxy) is 1. The Hall–Kier alpha value is -0.120. The van der Waals surface area contributed by atoms with Crippen molar-refractivity contribution in [3.05, 3.63) is 0 Å². The number of likely N-dealkylation sites (tertiary alicyclic amines) is 1. The molecule has 0 aromatic rings. The fraction of sp³-hybridized carbons (Fsp3) is 1.00. The molecule has 3 nitrogen and oxygen atoms in total. The maximum absolute atomic E-state index is 5.68. The minimum absolute atomic E-state index is 0.101. The maximum Gasteiger partial charge on any atom is 0.0787 e. The molecule has 1 saturated heterocycles. The van der Waals surface area contributed by atoms with E-state index in [0.717, 1.165) is 19.0 Å². The SMILES string of the molecule is CCCNC(CN1CCCC(C)C1)C(C)(C)OC. The summed E-state index contributed by atoms with van der Waals surface area (Å²) >= 11 is 0. The van der Waals surface area contributed by atoms with Gasteiger partial charge in [0, 0.05) is 26.2 Å². The number of methoxy groups -OCH3 is 1. The zero-order chi connectivity index (χ0) is 13.6. The fourth-order valence-electron chi connectivity index (χ4n) is 2.70. The first-order valence-electron chi connectivity index (χ1n) is 7.50. The lowest BCUT2D eigenvalue weighted by Crippen LogP contribution is -2.55. The molecule has 0 radical (unpaired) electrons. The van der Waals surface area contributed by atoms with Gasteiger partial charge >= 0.3 is 0 Å². The largest absolute Gasteiger partial charge is 0.377 e. The van der Waals surface area contributed by atoms with Crippen LogP contribution in [0.25, 0.3) is 0 Å². The minimum Gasteiger partial charge on any atom is -0.377 e. The van der Waals surface area contributed by atoms with Crippen molar-refractivity contribution < 1.29 is 4.74 Å². The summed E-state index contributed by atoms with van der Waals surface area (Å²) in [5, 5.41) is 3.66. The Morgan fingerprint density at radius 1 is 1.44 bits per heavy atom. The predicted octanol–water partition coefficient (Wildman–Crippen LogP) is 2.51. The van der Waals surface area contributed by atoms with E-state index in [0.29, 0.717) is 6.04 Å². The molecule has 3 heteroatoms. The summed E-state index contributed by atoms with van der Waals surface area (Å²) in [6.45, 7) is 13.6. The highest BCUT2D eigenvalue weighted by molar-refractivity contribution is 4.89. The first-order chi connectivity index (χ1) is 8.49. The molecule has 0 aromatic carbocycles. The molecule has 108 valence electrons. The standard InChI is InChI=1S/C15H32N2O/c1-6-9-16-14(15(3,4)18-5)12-17-10-7-8-13(2)11-17/h13-14,16H,6-12H2,1-5H3. The van der Waals surface area contributed by atoms with Gasteiger partial charge in [-0.2, -0.15) is 0 Å². The van der Waals surface area contributed by atoms with Crippen molar-refractivity contribution in [2.45, 2.75) is 58.6 Å². The molecule has 0 bridgehead atoms. The maximum atomic E-state index is 5.68. The summed E-state index contributed by atoms with van der Waals surface area (Å²) in [6.07, 6.45) is 3.90. The monoisotopic (exact) mass is 256 g/mol. The molecule has 0 saturated carbocycles. The predicted molar refractivity (Wildman–Crippen MR) is 78.0 cm³/mol. The van der Waals surface area contributed by atoms with E-state index in [-0.39, 0.29) is 5.60 Å². The van der Waals surface area contributed by atoms with Gasteiger partial charge in [0.2, 0.25) is 0 Å². The van der Waals surface area contributed by atoms with Gasteiger partial charge in [0.15, 0.2) is 0 Å². The molecule has 0 aromatic heterocycles. The molecule has 1 heterocycles. The van der Waals surface area contributed by atoms with E-state index in [1.807, 2.05) is 7.11 Å². The van der Waals surface area contributed by atoms with Crippen LogP contribution in [-0.2, 0) is 4.74 Å². The molecule has 1 fully saturated rings. The second kappa shape index (κ2) is 7.46. The van der Waals surface area contributed by atoms with Gasteiger partial charge in [-0.25, -0.2) is 0 Å². The molecule has 2 atom stereocenters. The Bertz CT molecular complexity index is 231. The lowest BCUT2D eigenvalue weighted by atomic mass is 9.95. The molecule has 1 aliphatic heterocycles. The highest BCUT2D eigenvalue weighted by Gasteiger charge is 2.31. The smallest absolute Gasteiger partial charge is 0.0787 e. The van der Waals surface area contributed by atoms with E-state index in [1.54, 1.807) is 0 Å². The summed E-state index contributed by atoms with van der Waals surface area (Å²) in [4.78, 5) is 2.60. The number of rotatable bonds is 7. The lowest BCUT2D eigenvalue weighted by molar-refractivity contribution is -0.0228. The van der Waals surface area contributed by atoms with Crippen LogP contribution < -0.4 is 5.32 Å². The van der Waals surface area contributed by atoms with Crippen molar-refractivity contribution in [2.24, 2.45) is 5.92 Å². The van der Waals surface area contributed by atoms with E-state index in [4.69, 9.17) is 4.74 Å². The van der Waals surface area contributed by atoms with E-state index >= 15 is 0 Å². The lowest BCUT2D eigenvalue weighted by Gasteiger charge is -2.40. The molecule has 0 amide bonds. The average molecular weight is 256 g/mol. The Labute approximate surface area is 113 Å². The van der Waals surface area contributed by atoms with E-state index in [1.165, 1.54) is 32.4 Å². The fourth-order valence-corrected chi connectivity index (χ4v) is 2.70. The Kier molecular flexibility index (Phi) is 6.61. The van der Waals surface area contributed by atoms with Crippen LogP contribution in [0, 0.1) is 5.92 Å². The number of hydrogen-bond acceptors (Lipinski definition) is 3. The van der Waals surface area contributed by atoms with Gasteiger partial charge in [-0.15, -0.1) is 0 Å². The van der Waals surface area contributed by atoms with Gasteiger partial charge in [0.05, 0.1) is 5.60 Å². The summed E-state index contributed by atoms with van der Waals surface area (Å²) in [7, 11) is 1.82. The molecular weight excluding hydrogens is 224 g/mol. The zero-order valence-corrected chi connectivity index (χ0v) is 13.0. The van der Waals surface area contributed by atoms with Crippen LogP contribution in [0.1, 0.15) is 47.0 Å². The number of nitrogens with zero attached hydrogens (tertiary/aromatic N) is 1. The van der Waals surface area contributed by atoms with Crippen molar-refractivity contribution in [3.8, 4) is 0 Å². The van der Waals surface area contributed by atoms with Crippen LogP contribution in [0.3, 0.4) is 0 Å². The van der Waals surface area contributed by atoms with E-state index in [2.05, 4.69) is 37.9 Å². The van der Waals surface area contributed by atoms with Crippen LogP contribution in [0.5, 0.6) is 0 Å². The highest BCUT2D eigenvalue weighted by Crippen LogP contribution is 2.20. The van der Waals surface area contributed by atoms with Crippen LogP contribution in [-0.4, -0.2) is 49.8 Å². The Balaban J connectivity index is 2.54. The minimum atomic E-state index is -0.101. The third kappa shape index (κ3) is 4.87. The van der Waals surface area contributed by atoms with Gasteiger partial charge in [-0.05, 0) is 52.1 Å². The van der Waals surface area contributed by atoms with Crippen molar-refractivity contribution >= 4 is 0 Å². The van der Waals surface area contributed by atoms with Crippen LogP contribution in [0.2, 0.25) is 0 Å². The number of nitrogens with one attached hydrogen (secondary N) is 1. The summed E-state index contributed by atoms with van der Waals surface area (Å²) < 4.78 is 5.68. The molecule has 1 N–H and O–H groups in total. The van der Waals surface area contributed by atoms with Gasteiger partial charge < -0.3 is 15.0 Å². The van der Waals surface area contributed by atoms with E-state index < -0.39 is 0 Å². The third-order valence-electron chi connectivity index (χ3n) is 4.19. The molecule has 2 unspecified atom stereocenters. The normalized spacial score (nSPS) is 24.2. The summed E-state index contributed by atoms with van der Waals surface area (Å²) in [5.74, 6) is 0.844. The zero-order valence-electron chi connectivity index (χ0n) is 13.0. The van der Waals surface area contributed by atoms with Crippen molar-refractivity contribution in [1.82, 2.24) is 10.2 Å². The topological polar surface area (TPSA) is 24.5 Å². The first-order valence-corrected chi connectivity index (χ1v) is 7.50. The van der Waals surface area contributed by atoms with E-state index in [9.17, 15) is 0 Å². The molecule has 1 rings (SSSR count). The second-order valence-electron chi connectivity index (χ2n) is 6.32. The molecule has 1 aliphatic rings. The van der Waals surface area contributed by atoms with Gasteiger partial charge in [0.25, 0.3) is 0 Å². The van der Waals surface area contributed by atoms with Gasteiger partial charge in [0.1, 0.15) is 0 Å². The molecular formula is C15H32N2O. The van der Waals surface area contributed by atoms with Gasteiger partial charge in [-0.1, -0.05) is 13.8 Å². The Morgan fingerprint density at radius 2 is 2.17 bits per heavy atom. The quantitative estimate of drug-likeness (QED) is 0.757. The second-order valence-corrected chi connectivity index (χ2v) is 6.32. The molecule has 0 spiro atoms. The van der Waals surface area contributed by atoms with Crippen molar-refractivity contribution in [2.75, 3.05) is 33.3 Å².